The third-order valence-corrected chi connectivity index (χ3v) is 3.88. The molecule has 128 valence electrons. The molecule has 1 aromatic rings. The summed E-state index contributed by atoms with van der Waals surface area (Å²) in [5, 5.41) is 2.91. The third-order valence-electron chi connectivity index (χ3n) is 3.88. The van der Waals surface area contributed by atoms with Gasteiger partial charge in [0, 0.05) is 32.4 Å². The quantitative estimate of drug-likeness (QED) is 0.702. The first-order chi connectivity index (χ1) is 11.2. The fraction of sp³-hybridized carbons (Fsp3) is 0.647. The number of hydrogen-bond donors (Lipinski definition) is 1. The molecule has 0 saturated carbocycles. The summed E-state index contributed by atoms with van der Waals surface area (Å²) in [4.78, 5) is 18.7. The van der Waals surface area contributed by atoms with Gasteiger partial charge in [-0.15, -0.1) is 0 Å². The van der Waals surface area contributed by atoms with Gasteiger partial charge >= 0.3 is 0 Å². The molecule has 1 saturated heterocycles. The number of carbonyl (C=O) groups is 1. The largest absolute Gasteiger partial charge is 0.379 e. The molecule has 0 aromatic carbocycles. The normalized spacial score (nSPS) is 15.7. The summed E-state index contributed by atoms with van der Waals surface area (Å²) in [7, 11) is 0. The Morgan fingerprint density at radius 2 is 2.17 bits per heavy atom. The van der Waals surface area contributed by atoms with Crippen LogP contribution >= 0.6 is 0 Å². The van der Waals surface area contributed by atoms with Gasteiger partial charge in [-0.3, -0.25) is 4.79 Å². The predicted octanol–water partition coefficient (Wildman–Crippen LogP) is 1.74. The van der Waals surface area contributed by atoms with Crippen LogP contribution in [0.1, 0.15) is 32.3 Å². The van der Waals surface area contributed by atoms with E-state index >= 15 is 0 Å². The first kappa shape index (κ1) is 17.7. The van der Waals surface area contributed by atoms with E-state index in [0.29, 0.717) is 26.4 Å². The van der Waals surface area contributed by atoms with Gasteiger partial charge in [-0.2, -0.15) is 0 Å². The molecule has 1 amide bonds. The number of aromatic nitrogens is 1. The zero-order chi connectivity index (χ0) is 16.5. The smallest absolute Gasteiger partial charge is 0.249 e. The molecular weight excluding hydrogens is 294 g/mol. The number of anilines is 1. The second kappa shape index (κ2) is 9.47. The summed E-state index contributed by atoms with van der Waals surface area (Å²) < 4.78 is 10.6. The van der Waals surface area contributed by atoms with Crippen LogP contribution in [0.3, 0.4) is 0 Å². The topological polar surface area (TPSA) is 63.7 Å². The molecule has 2 heterocycles. The van der Waals surface area contributed by atoms with Crippen molar-refractivity contribution in [1.29, 1.82) is 0 Å². The highest BCUT2D eigenvalue weighted by molar-refractivity contribution is 5.80. The SMILES string of the molecule is CCOCCO[C@@H](C)C(=O)NCc1ccnc(N2CCCC2)c1. The molecule has 0 unspecified atom stereocenters. The molecule has 1 N–H and O–H groups in total. The van der Waals surface area contributed by atoms with Crippen LogP contribution in [0.25, 0.3) is 0 Å². The minimum Gasteiger partial charge on any atom is -0.379 e. The summed E-state index contributed by atoms with van der Waals surface area (Å²) >= 11 is 0. The molecule has 2 rings (SSSR count). The first-order valence-electron chi connectivity index (χ1n) is 8.37. The molecule has 6 heteroatoms. The maximum absolute atomic E-state index is 12.0. The number of rotatable bonds is 9. The van der Waals surface area contributed by atoms with Crippen LogP contribution in [0.15, 0.2) is 18.3 Å². The van der Waals surface area contributed by atoms with Gasteiger partial charge in [-0.1, -0.05) is 0 Å². The highest BCUT2D eigenvalue weighted by Gasteiger charge is 2.15. The summed E-state index contributed by atoms with van der Waals surface area (Å²) in [5.41, 5.74) is 1.05. The van der Waals surface area contributed by atoms with Gasteiger partial charge in [-0.05, 0) is 44.4 Å². The Morgan fingerprint density at radius 3 is 2.91 bits per heavy atom. The zero-order valence-corrected chi connectivity index (χ0v) is 14.1. The van der Waals surface area contributed by atoms with E-state index in [1.807, 2.05) is 19.1 Å². The van der Waals surface area contributed by atoms with Crippen LogP contribution in [0, 0.1) is 0 Å². The summed E-state index contributed by atoms with van der Waals surface area (Å²) in [6, 6.07) is 3.98. The van der Waals surface area contributed by atoms with Crippen LogP contribution in [-0.4, -0.2) is 49.9 Å². The van der Waals surface area contributed by atoms with Crippen LogP contribution in [0.5, 0.6) is 0 Å². The molecule has 0 radical (unpaired) electrons. The molecule has 0 aliphatic carbocycles. The zero-order valence-electron chi connectivity index (χ0n) is 14.1. The standard InChI is InChI=1S/C17H27N3O3/c1-3-22-10-11-23-14(2)17(21)19-13-15-6-7-18-16(12-15)20-8-4-5-9-20/h6-7,12,14H,3-5,8-11,13H2,1-2H3,(H,19,21)/t14-/m0/s1. The average Bonchev–Trinajstić information content (AvgIpc) is 3.11. The maximum atomic E-state index is 12.0. The van der Waals surface area contributed by atoms with Crippen LogP contribution in [0.4, 0.5) is 5.82 Å². The lowest BCUT2D eigenvalue weighted by atomic mass is 10.2. The maximum Gasteiger partial charge on any atom is 0.249 e. The van der Waals surface area contributed by atoms with E-state index in [1.54, 1.807) is 13.1 Å². The second-order valence-corrected chi connectivity index (χ2v) is 5.64. The van der Waals surface area contributed by atoms with Crippen molar-refractivity contribution >= 4 is 11.7 Å². The lowest BCUT2D eigenvalue weighted by molar-refractivity contribution is -0.132. The molecule has 23 heavy (non-hydrogen) atoms. The number of ether oxygens (including phenoxy) is 2. The van der Waals surface area contributed by atoms with Gasteiger partial charge in [0.2, 0.25) is 5.91 Å². The Kier molecular flexibility index (Phi) is 7.29. The summed E-state index contributed by atoms with van der Waals surface area (Å²) in [6.07, 6.45) is 3.77. The number of nitrogens with zero attached hydrogens (tertiary/aromatic N) is 2. The van der Waals surface area contributed by atoms with Crippen LogP contribution < -0.4 is 10.2 Å². The number of carbonyl (C=O) groups excluding carboxylic acids is 1. The van der Waals surface area contributed by atoms with Crippen molar-refractivity contribution in [2.45, 2.75) is 39.3 Å². The van der Waals surface area contributed by atoms with Crippen molar-refractivity contribution in [2.24, 2.45) is 0 Å². The van der Waals surface area contributed by atoms with E-state index in [1.165, 1.54) is 12.8 Å². The molecule has 1 aromatic heterocycles. The first-order valence-corrected chi connectivity index (χ1v) is 8.37. The molecular formula is C17H27N3O3. The van der Waals surface area contributed by atoms with Crippen molar-refractivity contribution in [2.75, 3.05) is 37.8 Å². The lowest BCUT2D eigenvalue weighted by Gasteiger charge is -2.17. The minimum atomic E-state index is -0.477. The van der Waals surface area contributed by atoms with Crippen LogP contribution in [0.2, 0.25) is 0 Å². The molecule has 0 bridgehead atoms. The molecule has 1 atom stereocenters. The van der Waals surface area contributed by atoms with Crippen molar-refractivity contribution in [3.63, 3.8) is 0 Å². The van der Waals surface area contributed by atoms with E-state index in [0.717, 1.165) is 24.5 Å². The monoisotopic (exact) mass is 321 g/mol. The van der Waals surface area contributed by atoms with Crippen molar-refractivity contribution in [3.05, 3.63) is 23.9 Å². The number of pyridine rings is 1. The van der Waals surface area contributed by atoms with E-state index in [9.17, 15) is 4.79 Å². The van der Waals surface area contributed by atoms with E-state index < -0.39 is 6.10 Å². The Labute approximate surface area is 138 Å². The van der Waals surface area contributed by atoms with Gasteiger partial charge < -0.3 is 19.7 Å². The minimum absolute atomic E-state index is 0.110. The molecule has 1 aliphatic rings. The Balaban J connectivity index is 1.76. The Hall–Kier alpha value is -1.66. The third kappa shape index (κ3) is 5.80. The van der Waals surface area contributed by atoms with E-state index in [-0.39, 0.29) is 5.91 Å². The van der Waals surface area contributed by atoms with Gasteiger partial charge in [0.25, 0.3) is 0 Å². The molecule has 6 nitrogen and oxygen atoms in total. The Bertz CT molecular complexity index is 490. The lowest BCUT2D eigenvalue weighted by Crippen LogP contribution is -2.34. The second-order valence-electron chi connectivity index (χ2n) is 5.64. The fourth-order valence-electron chi connectivity index (χ4n) is 2.53. The van der Waals surface area contributed by atoms with E-state index in [2.05, 4.69) is 15.2 Å². The Morgan fingerprint density at radius 1 is 1.39 bits per heavy atom. The summed E-state index contributed by atoms with van der Waals surface area (Å²) in [6.45, 7) is 7.90. The number of nitrogens with one attached hydrogen (secondary N) is 1. The molecule has 1 aliphatic heterocycles. The van der Waals surface area contributed by atoms with Crippen molar-refractivity contribution in [1.82, 2.24) is 10.3 Å². The summed E-state index contributed by atoms with van der Waals surface area (Å²) in [5.74, 6) is 0.885. The van der Waals surface area contributed by atoms with Crippen molar-refractivity contribution in [3.8, 4) is 0 Å². The van der Waals surface area contributed by atoms with Gasteiger partial charge in [0.1, 0.15) is 11.9 Å². The van der Waals surface area contributed by atoms with Crippen molar-refractivity contribution < 1.29 is 14.3 Å². The number of hydrogen-bond acceptors (Lipinski definition) is 5. The predicted molar refractivity (Wildman–Crippen MR) is 89.4 cm³/mol. The number of amides is 1. The highest BCUT2D eigenvalue weighted by atomic mass is 16.5. The van der Waals surface area contributed by atoms with Gasteiger partial charge in [-0.25, -0.2) is 4.98 Å². The molecule has 0 spiro atoms. The van der Waals surface area contributed by atoms with Crippen LogP contribution in [-0.2, 0) is 20.8 Å². The van der Waals surface area contributed by atoms with Gasteiger partial charge in [0.15, 0.2) is 0 Å². The van der Waals surface area contributed by atoms with E-state index in [4.69, 9.17) is 9.47 Å². The fourth-order valence-corrected chi connectivity index (χ4v) is 2.53. The average molecular weight is 321 g/mol. The highest BCUT2D eigenvalue weighted by Crippen LogP contribution is 2.18. The molecule has 1 fully saturated rings. The van der Waals surface area contributed by atoms with Gasteiger partial charge in [0.05, 0.1) is 13.2 Å².